The van der Waals surface area contributed by atoms with Crippen LogP contribution in [0.3, 0.4) is 0 Å². The zero-order valence-corrected chi connectivity index (χ0v) is 16.7. The highest BCUT2D eigenvalue weighted by atomic mass is 28.3. The van der Waals surface area contributed by atoms with Crippen LogP contribution in [0.4, 0.5) is 4.39 Å². The van der Waals surface area contributed by atoms with E-state index in [2.05, 4.69) is 53.0 Å². The van der Waals surface area contributed by atoms with Gasteiger partial charge in [-0.1, -0.05) is 53.5 Å². The predicted molar refractivity (Wildman–Crippen MR) is 105 cm³/mol. The van der Waals surface area contributed by atoms with Crippen molar-refractivity contribution in [3.63, 3.8) is 0 Å². The normalized spacial score (nSPS) is 12.6. The number of rotatable bonds is 3. The van der Waals surface area contributed by atoms with Gasteiger partial charge in [-0.2, -0.15) is 0 Å². The molecule has 2 rings (SSSR count). The van der Waals surface area contributed by atoms with Gasteiger partial charge in [-0.05, 0) is 34.1 Å². The van der Waals surface area contributed by atoms with E-state index in [4.69, 9.17) is 1.37 Å². The highest BCUT2D eigenvalue weighted by Crippen LogP contribution is 2.41. The first-order valence-corrected chi connectivity index (χ1v) is 10.9. The lowest BCUT2D eigenvalue weighted by Crippen LogP contribution is -2.43. The summed E-state index contributed by atoms with van der Waals surface area (Å²) in [6.07, 6.45) is 0. The second-order valence-electron chi connectivity index (χ2n) is 7.55. The summed E-state index contributed by atoms with van der Waals surface area (Å²) in [5.74, 6) is 1.93. The first kappa shape index (κ1) is 17.8. The van der Waals surface area contributed by atoms with Crippen molar-refractivity contribution in [1.82, 2.24) is 0 Å². The molecule has 0 aromatic heterocycles. The van der Waals surface area contributed by atoms with Gasteiger partial charge in [0.05, 0.1) is 6.93 Å². The summed E-state index contributed by atoms with van der Waals surface area (Å²) < 4.78 is 22.6. The predicted octanol–water partition coefficient (Wildman–Crippen LogP) is 5.96. The van der Waals surface area contributed by atoms with Crippen LogP contribution in [0.15, 0.2) is 24.2 Å². The molecule has 0 aliphatic heterocycles. The quantitative estimate of drug-likeness (QED) is 0.524. The van der Waals surface area contributed by atoms with Gasteiger partial charge in [0.2, 0.25) is 0 Å². The van der Waals surface area contributed by atoms with Crippen LogP contribution in [-0.4, -0.2) is 18.3 Å². The van der Waals surface area contributed by atoms with Crippen LogP contribution in [0.2, 0.25) is 16.6 Å². The highest BCUT2D eigenvalue weighted by molar-refractivity contribution is 6.90. The summed E-state index contributed by atoms with van der Waals surface area (Å²) in [7, 11) is -2.09. The molecule has 0 unspecified atom stereocenters. The van der Waals surface area contributed by atoms with Crippen molar-refractivity contribution >= 4 is 18.8 Å². The number of benzene rings is 2. The Hall–Kier alpha value is -1.99. The minimum Gasteiger partial charge on any atom is -0.508 e. The van der Waals surface area contributed by atoms with E-state index in [-0.39, 0.29) is 28.5 Å². The van der Waals surface area contributed by atoms with Crippen LogP contribution >= 0.6 is 0 Å². The lowest BCUT2D eigenvalue weighted by atomic mass is 10.0. The van der Waals surface area contributed by atoms with E-state index >= 15 is 0 Å². The molecule has 0 aliphatic carbocycles. The number of hydrogen-bond acceptors (Lipinski definition) is 2. The number of hydrogen-bond donors (Lipinski definition) is 2. The zero-order chi connectivity index (χ0) is 19.8. The van der Waals surface area contributed by atoms with Gasteiger partial charge in [0.1, 0.15) is 25.4 Å². The highest BCUT2D eigenvalue weighted by Gasteiger charge is 2.41. The molecule has 0 saturated carbocycles. The lowest BCUT2D eigenvalue weighted by molar-refractivity contribution is 0.455. The first-order chi connectivity index (χ1) is 12.0. The summed E-state index contributed by atoms with van der Waals surface area (Å²) in [5.41, 5.74) is 4.66. The van der Waals surface area contributed by atoms with Crippen molar-refractivity contribution in [2.45, 2.75) is 58.2 Å². The van der Waals surface area contributed by atoms with E-state index in [1.807, 2.05) is 0 Å². The Morgan fingerprint density at radius 2 is 1.60 bits per heavy atom. The topological polar surface area (TPSA) is 40.5 Å². The van der Waals surface area contributed by atoms with Crippen molar-refractivity contribution in [2.24, 2.45) is 0 Å². The van der Waals surface area contributed by atoms with Crippen molar-refractivity contribution in [3.8, 4) is 23.0 Å². The van der Waals surface area contributed by atoms with Crippen LogP contribution in [0.25, 0.3) is 10.8 Å². The van der Waals surface area contributed by atoms with Crippen LogP contribution in [-0.2, 0) is 0 Å². The smallest absolute Gasteiger partial charge is 0.146 e. The van der Waals surface area contributed by atoms with Gasteiger partial charge in [-0.25, -0.2) is 4.39 Å². The zero-order valence-electron chi connectivity index (χ0n) is 16.7. The molecule has 0 bridgehead atoms. The molecule has 25 heavy (non-hydrogen) atoms. The third kappa shape index (κ3) is 3.39. The summed E-state index contributed by atoms with van der Waals surface area (Å²) in [6.45, 7) is 13.0. The van der Waals surface area contributed by atoms with Gasteiger partial charge in [0, 0.05) is 11.5 Å². The third-order valence-corrected chi connectivity index (χ3v) is 11.5. The molecule has 0 heterocycles. The fourth-order valence-corrected chi connectivity index (χ4v) is 9.27. The van der Waals surface area contributed by atoms with Gasteiger partial charge in [-0.3, -0.25) is 0 Å². The van der Waals surface area contributed by atoms with Crippen molar-refractivity contribution in [2.75, 3.05) is 0 Å². The van der Waals surface area contributed by atoms with Gasteiger partial charge in [-0.15, -0.1) is 5.54 Å². The van der Waals surface area contributed by atoms with Gasteiger partial charge < -0.3 is 10.2 Å². The Morgan fingerprint density at radius 1 is 1.04 bits per heavy atom. The van der Waals surface area contributed by atoms with Crippen LogP contribution in [0, 0.1) is 17.3 Å². The van der Waals surface area contributed by atoms with E-state index in [0.717, 1.165) is 0 Å². The third-order valence-electron chi connectivity index (χ3n) is 5.23. The van der Waals surface area contributed by atoms with E-state index in [1.165, 1.54) is 18.2 Å². The second kappa shape index (κ2) is 7.09. The molecule has 2 aromatic rings. The number of aromatic hydroxyl groups is 2. The molecule has 0 spiro atoms. The minimum atomic E-state index is -2.09. The molecule has 0 saturated heterocycles. The summed E-state index contributed by atoms with van der Waals surface area (Å²) in [6, 6.07) is 3.59. The van der Waals surface area contributed by atoms with Gasteiger partial charge in [0.25, 0.3) is 0 Å². The Kier molecular flexibility index (Phi) is 5.05. The Bertz CT molecular complexity index is 873. The molecule has 2 aromatic carbocycles. The Balaban J connectivity index is 2.84. The van der Waals surface area contributed by atoms with E-state index < -0.39 is 13.9 Å². The Morgan fingerprint density at radius 3 is 2.12 bits per heavy atom. The molecule has 4 heteroatoms. The lowest BCUT2D eigenvalue weighted by Gasteiger charge is -2.38. The molecule has 2 nitrogen and oxygen atoms in total. The number of fused-ring (bicyclic) bond motifs is 1. The second-order valence-corrected chi connectivity index (χ2v) is 13.1. The fraction of sp³-hybridized carbons (Fsp3) is 0.429. The van der Waals surface area contributed by atoms with Gasteiger partial charge >= 0.3 is 0 Å². The molecule has 0 fully saturated rings. The maximum atomic E-state index is 14.7. The van der Waals surface area contributed by atoms with Gasteiger partial charge in [0.15, 0.2) is 0 Å². The molecule has 2 N–H and O–H groups in total. The largest absolute Gasteiger partial charge is 0.508 e. The number of phenolic OH excluding ortho intramolecular Hbond substituents is 2. The molecule has 134 valence electrons. The molecule has 0 aliphatic rings. The standard InChI is InChI=1S/C21H27FO2Si/c1-13(2)25(14(3)4,15(5)6)10-9-18-19(22)8-7-16-11-17(23)12-20(24)21(16)18/h7-8,11-15,23-24H,1-6H3/i8D. The van der Waals surface area contributed by atoms with E-state index in [9.17, 15) is 14.6 Å². The maximum Gasteiger partial charge on any atom is 0.146 e. The maximum absolute atomic E-state index is 14.7. The van der Waals surface area contributed by atoms with Crippen LogP contribution in [0.5, 0.6) is 11.5 Å². The molecular weight excluding hydrogens is 331 g/mol. The summed E-state index contributed by atoms with van der Waals surface area (Å²) >= 11 is 0. The molecular formula is C21H27FO2Si. The van der Waals surface area contributed by atoms with Crippen molar-refractivity contribution < 1.29 is 16.0 Å². The SMILES string of the molecule is [2H]c1cc2cc(O)cc(O)c2c(C#C[Si](C(C)C)(C(C)C)C(C)C)c1F. The molecule has 0 radical (unpaired) electrons. The van der Waals surface area contributed by atoms with E-state index in [0.29, 0.717) is 22.0 Å². The number of phenols is 2. The van der Waals surface area contributed by atoms with Crippen molar-refractivity contribution in [1.29, 1.82) is 0 Å². The fourth-order valence-electron chi connectivity index (χ4n) is 4.06. The monoisotopic (exact) mass is 359 g/mol. The van der Waals surface area contributed by atoms with Crippen molar-refractivity contribution in [3.05, 3.63) is 35.6 Å². The van der Waals surface area contributed by atoms with Crippen LogP contribution < -0.4 is 0 Å². The number of halogens is 1. The average molecular weight is 360 g/mol. The Labute approximate surface area is 152 Å². The average Bonchev–Trinajstić information content (AvgIpc) is 2.49. The molecule has 0 atom stereocenters. The molecule has 0 amide bonds. The summed E-state index contributed by atoms with van der Waals surface area (Å²) in [4.78, 5) is 0. The van der Waals surface area contributed by atoms with E-state index in [1.54, 1.807) is 0 Å². The minimum absolute atomic E-state index is 0.0452. The summed E-state index contributed by atoms with van der Waals surface area (Å²) in [5, 5.41) is 20.6. The first-order valence-electron chi connectivity index (χ1n) is 9.20. The van der Waals surface area contributed by atoms with Crippen LogP contribution in [0.1, 0.15) is 48.5 Å².